The predicted molar refractivity (Wildman–Crippen MR) is 94.1 cm³/mol. The van der Waals surface area contributed by atoms with Crippen molar-refractivity contribution in [3.8, 4) is 0 Å². The van der Waals surface area contributed by atoms with Crippen molar-refractivity contribution in [1.82, 2.24) is 0 Å². The first-order chi connectivity index (χ1) is 11.1. The highest BCUT2D eigenvalue weighted by Gasteiger charge is 2.41. The Kier molecular flexibility index (Phi) is 6.09. The zero-order valence-corrected chi connectivity index (χ0v) is 15.0. The van der Waals surface area contributed by atoms with E-state index < -0.39 is 14.3 Å². The molecule has 5 heteroatoms. The summed E-state index contributed by atoms with van der Waals surface area (Å²) in [5.41, 5.74) is 8.39. The Morgan fingerprint density at radius 2 is 1.17 bits per heavy atom. The molecule has 0 saturated carbocycles. The van der Waals surface area contributed by atoms with Crippen molar-refractivity contribution in [2.75, 3.05) is 21.3 Å². The van der Waals surface area contributed by atoms with Crippen molar-refractivity contribution in [2.24, 2.45) is 5.73 Å². The molecular formula is C18H25NO3Si. The highest BCUT2D eigenvalue weighted by atomic mass is 28.4. The van der Waals surface area contributed by atoms with Gasteiger partial charge in [-0.2, -0.15) is 0 Å². The molecule has 2 aromatic rings. The van der Waals surface area contributed by atoms with E-state index in [0.29, 0.717) is 12.5 Å². The van der Waals surface area contributed by atoms with Gasteiger partial charge >= 0.3 is 8.80 Å². The molecule has 0 heterocycles. The molecule has 0 amide bonds. The molecule has 23 heavy (non-hydrogen) atoms. The van der Waals surface area contributed by atoms with Gasteiger partial charge in [-0.25, -0.2) is 0 Å². The molecule has 0 fully saturated rings. The molecule has 2 rings (SSSR count). The second-order valence-electron chi connectivity index (χ2n) is 5.50. The monoisotopic (exact) mass is 331 g/mol. The number of benzene rings is 2. The SMILES string of the molecule is CO[Si](CCC(N)(c1ccccc1)c1ccccc1)(OC)OC. The molecule has 124 valence electrons. The molecule has 0 aliphatic rings. The molecule has 0 atom stereocenters. The van der Waals surface area contributed by atoms with Gasteiger partial charge in [0.25, 0.3) is 0 Å². The van der Waals surface area contributed by atoms with Crippen molar-refractivity contribution in [1.29, 1.82) is 0 Å². The maximum Gasteiger partial charge on any atom is 0.500 e. The lowest BCUT2D eigenvalue weighted by molar-refractivity contribution is 0.121. The Morgan fingerprint density at radius 1 is 0.783 bits per heavy atom. The van der Waals surface area contributed by atoms with Crippen LogP contribution in [0, 0.1) is 0 Å². The van der Waals surface area contributed by atoms with Crippen molar-refractivity contribution in [2.45, 2.75) is 18.0 Å². The first kappa shape index (κ1) is 17.8. The molecule has 0 spiro atoms. The molecular weight excluding hydrogens is 306 g/mol. The van der Waals surface area contributed by atoms with Crippen LogP contribution in [-0.2, 0) is 18.8 Å². The topological polar surface area (TPSA) is 53.7 Å². The number of rotatable bonds is 8. The van der Waals surface area contributed by atoms with Crippen LogP contribution in [0.1, 0.15) is 17.5 Å². The first-order valence-corrected chi connectivity index (χ1v) is 9.59. The van der Waals surface area contributed by atoms with E-state index in [4.69, 9.17) is 19.0 Å². The van der Waals surface area contributed by atoms with E-state index in [0.717, 1.165) is 11.1 Å². The normalized spacial score (nSPS) is 12.3. The van der Waals surface area contributed by atoms with Gasteiger partial charge in [0.1, 0.15) is 0 Å². The second-order valence-corrected chi connectivity index (χ2v) is 8.59. The zero-order chi connectivity index (χ0) is 16.8. The van der Waals surface area contributed by atoms with Crippen molar-refractivity contribution in [3.63, 3.8) is 0 Å². The van der Waals surface area contributed by atoms with Crippen molar-refractivity contribution in [3.05, 3.63) is 71.8 Å². The van der Waals surface area contributed by atoms with Crippen LogP contribution in [0.15, 0.2) is 60.7 Å². The zero-order valence-electron chi connectivity index (χ0n) is 14.0. The van der Waals surface area contributed by atoms with Gasteiger partial charge in [-0.3, -0.25) is 0 Å². The van der Waals surface area contributed by atoms with E-state index in [1.807, 2.05) is 36.4 Å². The van der Waals surface area contributed by atoms with Crippen LogP contribution < -0.4 is 5.73 Å². The number of hydrogen-bond donors (Lipinski definition) is 1. The van der Waals surface area contributed by atoms with Crippen LogP contribution >= 0.6 is 0 Å². The highest BCUT2D eigenvalue weighted by Crippen LogP contribution is 2.34. The van der Waals surface area contributed by atoms with Crippen LogP contribution in [0.2, 0.25) is 6.04 Å². The second kappa shape index (κ2) is 7.85. The average molecular weight is 331 g/mol. The molecule has 0 aromatic heterocycles. The fraction of sp³-hybridized carbons (Fsp3) is 0.333. The summed E-state index contributed by atoms with van der Waals surface area (Å²) in [6.45, 7) is 0. The summed E-state index contributed by atoms with van der Waals surface area (Å²) >= 11 is 0. The van der Waals surface area contributed by atoms with Gasteiger partial charge in [0.15, 0.2) is 0 Å². The first-order valence-electron chi connectivity index (χ1n) is 7.65. The van der Waals surface area contributed by atoms with Crippen molar-refractivity contribution >= 4 is 8.80 Å². The predicted octanol–water partition coefficient (Wildman–Crippen LogP) is 3.16. The Balaban J connectivity index is 2.36. The molecule has 0 aliphatic heterocycles. The summed E-state index contributed by atoms with van der Waals surface area (Å²) < 4.78 is 16.6. The third-order valence-electron chi connectivity index (χ3n) is 4.34. The van der Waals surface area contributed by atoms with Crippen LogP contribution in [0.3, 0.4) is 0 Å². The summed E-state index contributed by atoms with van der Waals surface area (Å²) in [6, 6.07) is 20.9. The van der Waals surface area contributed by atoms with Crippen LogP contribution in [0.5, 0.6) is 0 Å². The van der Waals surface area contributed by atoms with Gasteiger partial charge in [-0.1, -0.05) is 60.7 Å². The van der Waals surface area contributed by atoms with Gasteiger partial charge in [0.2, 0.25) is 0 Å². The van der Waals surface area contributed by atoms with E-state index in [1.54, 1.807) is 21.3 Å². The van der Waals surface area contributed by atoms with E-state index >= 15 is 0 Å². The van der Waals surface area contributed by atoms with Crippen molar-refractivity contribution < 1.29 is 13.3 Å². The van der Waals surface area contributed by atoms with Gasteiger partial charge in [-0.05, 0) is 17.5 Å². The summed E-state index contributed by atoms with van der Waals surface area (Å²) in [4.78, 5) is 0. The minimum absolute atomic E-state index is 0.615. The largest absolute Gasteiger partial charge is 0.500 e. The number of nitrogens with two attached hydrogens (primary N) is 1. The average Bonchev–Trinajstić information content (AvgIpc) is 2.64. The molecule has 0 bridgehead atoms. The fourth-order valence-corrected chi connectivity index (χ4v) is 4.65. The Morgan fingerprint density at radius 3 is 1.52 bits per heavy atom. The van der Waals surface area contributed by atoms with Crippen LogP contribution in [0.25, 0.3) is 0 Å². The molecule has 0 radical (unpaired) electrons. The lowest BCUT2D eigenvalue weighted by Gasteiger charge is -2.34. The minimum Gasteiger partial charge on any atom is -0.377 e. The molecule has 2 aromatic carbocycles. The summed E-state index contributed by atoms with van der Waals surface area (Å²) in [5.74, 6) is 0. The van der Waals surface area contributed by atoms with Crippen LogP contribution in [0.4, 0.5) is 0 Å². The number of hydrogen-bond acceptors (Lipinski definition) is 4. The summed E-state index contributed by atoms with van der Waals surface area (Å²) in [5, 5.41) is 0. The standard InChI is InChI=1S/C18H25NO3Si/c1-20-23(21-2,22-3)15-14-18(19,16-10-6-4-7-11-16)17-12-8-5-9-13-17/h4-13H,14-15,19H2,1-3H3. The third-order valence-corrected chi connectivity index (χ3v) is 7.06. The molecule has 0 saturated heterocycles. The quantitative estimate of drug-likeness (QED) is 0.755. The fourth-order valence-electron chi connectivity index (χ4n) is 2.83. The molecule has 0 aliphatic carbocycles. The van der Waals surface area contributed by atoms with E-state index in [1.165, 1.54) is 0 Å². The maximum atomic E-state index is 6.87. The van der Waals surface area contributed by atoms with E-state index in [2.05, 4.69) is 24.3 Å². The van der Waals surface area contributed by atoms with E-state index in [-0.39, 0.29) is 0 Å². The van der Waals surface area contributed by atoms with Gasteiger partial charge < -0.3 is 19.0 Å². The summed E-state index contributed by atoms with van der Waals surface area (Å²) in [6.07, 6.45) is 0.669. The minimum atomic E-state index is -2.67. The Bertz CT molecular complexity index is 540. The Hall–Kier alpha value is -1.50. The molecule has 2 N–H and O–H groups in total. The van der Waals surface area contributed by atoms with Gasteiger partial charge in [-0.15, -0.1) is 0 Å². The lowest BCUT2D eigenvalue weighted by atomic mass is 9.81. The van der Waals surface area contributed by atoms with Gasteiger partial charge in [0, 0.05) is 27.4 Å². The maximum absolute atomic E-state index is 6.87. The van der Waals surface area contributed by atoms with Gasteiger partial charge in [0.05, 0.1) is 5.54 Å². The van der Waals surface area contributed by atoms with Crippen LogP contribution in [-0.4, -0.2) is 30.1 Å². The Labute approximate surface area is 139 Å². The lowest BCUT2D eigenvalue weighted by Crippen LogP contribution is -2.46. The summed E-state index contributed by atoms with van der Waals surface area (Å²) in [7, 11) is 2.21. The third kappa shape index (κ3) is 3.88. The highest BCUT2D eigenvalue weighted by molar-refractivity contribution is 6.60. The molecule has 0 unspecified atom stereocenters. The molecule has 4 nitrogen and oxygen atoms in total. The smallest absolute Gasteiger partial charge is 0.377 e. The van der Waals surface area contributed by atoms with E-state index in [9.17, 15) is 0 Å².